The second-order valence-corrected chi connectivity index (χ2v) is 12.5. The van der Waals surface area contributed by atoms with Crippen molar-refractivity contribution in [3.05, 3.63) is 45.1 Å². The Bertz CT molecular complexity index is 1350. The van der Waals surface area contributed by atoms with E-state index in [-0.39, 0.29) is 59.6 Å². The molecule has 2 aromatic rings. The molecule has 38 heavy (non-hydrogen) atoms. The van der Waals surface area contributed by atoms with Crippen LogP contribution in [0.4, 0.5) is 14.5 Å². The number of halogens is 3. The second kappa shape index (κ2) is 10.7. The van der Waals surface area contributed by atoms with Crippen molar-refractivity contribution in [1.82, 2.24) is 14.1 Å². The molecule has 5 rings (SSSR count). The van der Waals surface area contributed by atoms with Crippen molar-refractivity contribution in [1.29, 1.82) is 0 Å². The highest BCUT2D eigenvalue weighted by Crippen LogP contribution is 2.43. The van der Waals surface area contributed by atoms with Gasteiger partial charge in [0.05, 0.1) is 38.2 Å². The number of methoxy groups -OCH3 is 1. The average Bonchev–Trinajstić information content (AvgIpc) is 3.75. The first-order chi connectivity index (χ1) is 18.1. The van der Waals surface area contributed by atoms with Gasteiger partial charge in [0.25, 0.3) is 5.56 Å². The van der Waals surface area contributed by atoms with Crippen LogP contribution in [0.1, 0.15) is 56.0 Å². The summed E-state index contributed by atoms with van der Waals surface area (Å²) in [4.78, 5) is 12.8. The fourth-order valence-electron chi connectivity index (χ4n) is 5.14. The number of piperidine rings is 1. The van der Waals surface area contributed by atoms with Crippen LogP contribution >= 0.6 is 11.6 Å². The van der Waals surface area contributed by atoms with E-state index in [0.717, 1.165) is 12.8 Å². The molecule has 3 heterocycles. The van der Waals surface area contributed by atoms with E-state index >= 15 is 0 Å². The third-order valence-electron chi connectivity index (χ3n) is 7.49. The SMILES string of the molecule is COc1c(F)cc(C2CC2)cc1S(=O)(=O)N1CCC(n2ncc(NC[C@@]3(F)CCCOC3)c(Cl)c2=O)CC1. The van der Waals surface area contributed by atoms with Crippen LogP contribution in [-0.2, 0) is 14.8 Å². The van der Waals surface area contributed by atoms with Crippen LogP contribution in [-0.4, -0.2) is 68.1 Å². The highest BCUT2D eigenvalue weighted by atomic mass is 35.5. The van der Waals surface area contributed by atoms with Crippen LogP contribution in [0.2, 0.25) is 5.02 Å². The number of anilines is 1. The summed E-state index contributed by atoms with van der Waals surface area (Å²) in [5.74, 6) is -0.819. The largest absolute Gasteiger partial charge is 0.492 e. The zero-order valence-corrected chi connectivity index (χ0v) is 22.7. The van der Waals surface area contributed by atoms with Crippen LogP contribution in [0, 0.1) is 5.82 Å². The number of hydrogen-bond donors (Lipinski definition) is 1. The summed E-state index contributed by atoms with van der Waals surface area (Å²) < 4.78 is 69.3. The van der Waals surface area contributed by atoms with E-state index < -0.39 is 27.1 Å². The van der Waals surface area contributed by atoms with E-state index in [9.17, 15) is 22.0 Å². The number of aromatic nitrogens is 2. The van der Waals surface area contributed by atoms with Gasteiger partial charge in [0.2, 0.25) is 10.0 Å². The first-order valence-corrected chi connectivity index (χ1v) is 14.6. The molecule has 0 spiro atoms. The Morgan fingerprint density at radius 2 is 2.00 bits per heavy atom. The van der Waals surface area contributed by atoms with Gasteiger partial charge in [-0.3, -0.25) is 4.79 Å². The topological polar surface area (TPSA) is 103 Å². The third-order valence-corrected chi connectivity index (χ3v) is 9.75. The lowest BCUT2D eigenvalue weighted by atomic mass is 9.99. The maximum absolute atomic E-state index is 14.8. The van der Waals surface area contributed by atoms with Crippen molar-refractivity contribution in [2.45, 2.75) is 61.0 Å². The highest BCUT2D eigenvalue weighted by Gasteiger charge is 2.36. The number of sulfonamides is 1. The highest BCUT2D eigenvalue weighted by molar-refractivity contribution is 7.89. The Morgan fingerprint density at radius 1 is 1.26 bits per heavy atom. The van der Waals surface area contributed by atoms with Gasteiger partial charge >= 0.3 is 0 Å². The fraction of sp³-hybridized carbons (Fsp3) is 0.600. The molecule has 1 N–H and O–H groups in total. The van der Waals surface area contributed by atoms with Gasteiger partial charge in [0.1, 0.15) is 9.92 Å². The molecule has 3 fully saturated rings. The average molecular weight is 573 g/mol. The maximum Gasteiger partial charge on any atom is 0.287 e. The van der Waals surface area contributed by atoms with Gasteiger partial charge in [0.15, 0.2) is 17.2 Å². The Morgan fingerprint density at radius 3 is 2.63 bits per heavy atom. The maximum atomic E-state index is 14.8. The quantitative estimate of drug-likeness (QED) is 0.512. The monoisotopic (exact) mass is 572 g/mol. The first-order valence-electron chi connectivity index (χ1n) is 12.8. The molecule has 1 aliphatic carbocycles. The number of alkyl halides is 1. The molecule has 0 radical (unpaired) electrons. The minimum absolute atomic E-state index is 0.0208. The Kier molecular flexibility index (Phi) is 7.69. The molecule has 208 valence electrons. The molecule has 13 heteroatoms. The van der Waals surface area contributed by atoms with Crippen molar-refractivity contribution < 1.29 is 26.7 Å². The van der Waals surface area contributed by atoms with Gasteiger partial charge < -0.3 is 14.8 Å². The van der Waals surface area contributed by atoms with E-state index in [1.807, 2.05) is 0 Å². The predicted molar refractivity (Wildman–Crippen MR) is 138 cm³/mol. The predicted octanol–water partition coefficient (Wildman–Crippen LogP) is 3.88. The summed E-state index contributed by atoms with van der Waals surface area (Å²) in [7, 11) is -2.78. The smallest absolute Gasteiger partial charge is 0.287 e. The van der Waals surface area contributed by atoms with Gasteiger partial charge in [-0.05, 0) is 62.1 Å². The molecule has 0 unspecified atom stereocenters. The molecule has 1 atom stereocenters. The molecule has 3 aliphatic rings. The first kappa shape index (κ1) is 27.3. The number of nitrogens with one attached hydrogen (secondary N) is 1. The number of benzene rings is 1. The molecule has 1 saturated carbocycles. The van der Waals surface area contributed by atoms with Gasteiger partial charge in [-0.25, -0.2) is 21.9 Å². The van der Waals surface area contributed by atoms with Gasteiger partial charge in [0, 0.05) is 19.7 Å². The number of rotatable bonds is 8. The van der Waals surface area contributed by atoms with E-state index in [2.05, 4.69) is 10.4 Å². The summed E-state index contributed by atoms with van der Waals surface area (Å²) in [5, 5.41) is 7.01. The standard InChI is InChI=1S/C25H31ClF2N4O5S/c1-36-23-19(27)11-17(16-3-4-16)12-21(23)38(34,35)31-8-5-18(6-9-31)32-24(33)22(26)20(13-30-32)29-14-25(28)7-2-10-37-15-25/h11-13,16,18,29H,2-10,14-15H2,1H3/t25-/m0/s1. The third kappa shape index (κ3) is 5.41. The van der Waals surface area contributed by atoms with Crippen molar-refractivity contribution in [2.24, 2.45) is 0 Å². The number of hydrogen-bond acceptors (Lipinski definition) is 7. The van der Waals surface area contributed by atoms with Crippen molar-refractivity contribution in [3.63, 3.8) is 0 Å². The van der Waals surface area contributed by atoms with Gasteiger partial charge in [-0.2, -0.15) is 9.40 Å². The zero-order valence-electron chi connectivity index (χ0n) is 21.1. The number of ether oxygens (including phenoxy) is 2. The van der Waals surface area contributed by atoms with E-state index in [1.54, 1.807) is 0 Å². The molecule has 0 amide bonds. The molecule has 2 aliphatic heterocycles. The fourth-order valence-corrected chi connectivity index (χ4v) is 7.01. The Labute approximate surface area is 225 Å². The summed E-state index contributed by atoms with van der Waals surface area (Å²) in [6.07, 6.45) is 4.79. The zero-order chi connectivity index (χ0) is 27.1. The molecule has 9 nitrogen and oxygen atoms in total. The summed E-state index contributed by atoms with van der Waals surface area (Å²) >= 11 is 6.31. The van der Waals surface area contributed by atoms with Crippen molar-refractivity contribution >= 4 is 27.3 Å². The van der Waals surface area contributed by atoms with Crippen molar-refractivity contribution in [2.75, 3.05) is 45.3 Å². The molecular formula is C25H31ClF2N4O5S. The minimum atomic E-state index is -4.03. The summed E-state index contributed by atoms with van der Waals surface area (Å²) in [6, 6.07) is 2.48. The van der Waals surface area contributed by atoms with Crippen molar-refractivity contribution in [3.8, 4) is 5.75 Å². The van der Waals surface area contributed by atoms with E-state index in [1.165, 1.54) is 34.4 Å². The van der Waals surface area contributed by atoms with Crippen LogP contribution < -0.4 is 15.6 Å². The van der Waals surface area contributed by atoms with Crippen LogP contribution in [0.15, 0.2) is 28.0 Å². The van der Waals surface area contributed by atoms with Gasteiger partial charge in [-0.1, -0.05) is 11.6 Å². The second-order valence-electron chi connectivity index (χ2n) is 10.2. The van der Waals surface area contributed by atoms with E-state index in [4.69, 9.17) is 21.1 Å². The summed E-state index contributed by atoms with van der Waals surface area (Å²) in [6.45, 7) is 0.678. The molecule has 0 bridgehead atoms. The molecule has 1 aromatic carbocycles. The summed E-state index contributed by atoms with van der Waals surface area (Å²) in [5.41, 5.74) is -1.18. The van der Waals surface area contributed by atoms with Gasteiger partial charge in [-0.15, -0.1) is 0 Å². The minimum Gasteiger partial charge on any atom is -0.492 e. The van der Waals surface area contributed by atoms with Crippen LogP contribution in [0.25, 0.3) is 0 Å². The number of nitrogens with zero attached hydrogens (tertiary/aromatic N) is 3. The van der Waals surface area contributed by atoms with E-state index in [0.29, 0.717) is 37.9 Å². The van der Waals surface area contributed by atoms with Crippen LogP contribution in [0.5, 0.6) is 5.75 Å². The lowest BCUT2D eigenvalue weighted by molar-refractivity contribution is -0.0234. The normalized spacial score (nSPS) is 23.4. The lowest BCUT2D eigenvalue weighted by Crippen LogP contribution is -2.42. The Hall–Kier alpha value is -2.28. The molecule has 2 saturated heterocycles. The molecular weight excluding hydrogens is 542 g/mol. The Balaban J connectivity index is 1.28. The van der Waals surface area contributed by atoms with Crippen LogP contribution in [0.3, 0.4) is 0 Å². The lowest BCUT2D eigenvalue weighted by Gasteiger charge is -2.32. The molecule has 1 aromatic heterocycles.